The number of likely N-dealkylation sites (tertiary alicyclic amines) is 6. The fourth-order valence-corrected chi connectivity index (χ4v) is 12.0. The van der Waals surface area contributed by atoms with E-state index in [1.807, 2.05) is 146 Å². The second-order valence-electron chi connectivity index (χ2n) is 32.8. The van der Waals surface area contributed by atoms with E-state index in [0.29, 0.717) is 52.8 Å². The van der Waals surface area contributed by atoms with E-state index in [2.05, 4.69) is 42.7 Å². The third-order valence-corrected chi connectivity index (χ3v) is 17.6. The topological polar surface area (TPSA) is 404 Å². The van der Waals surface area contributed by atoms with Crippen molar-refractivity contribution in [2.24, 2.45) is 16.2 Å². The van der Waals surface area contributed by atoms with Gasteiger partial charge in [0.1, 0.15) is 45.2 Å². The van der Waals surface area contributed by atoms with Crippen LogP contribution in [0.15, 0.2) is 24.3 Å². The summed E-state index contributed by atoms with van der Waals surface area (Å²) in [5, 5.41) is 0. The Morgan fingerprint density at radius 1 is 0.433 bits per heavy atom. The van der Waals surface area contributed by atoms with Gasteiger partial charge in [0.15, 0.2) is 0 Å². The summed E-state index contributed by atoms with van der Waals surface area (Å²) in [5.41, 5.74) is 0.711. The molecule has 10 aliphatic rings. The largest absolute Gasteiger partial charge is 1.00 e. The molecule has 0 aromatic carbocycles. The fraction of sp³-hybridized carbons (Fsp3) is 0.775. The number of fused-ring (bicyclic) bond motifs is 2. The van der Waals surface area contributed by atoms with Gasteiger partial charge in [0, 0.05) is 75.3 Å². The SMILES string of the molecule is C=C1CC(C)N(C(=O)OC(C)(C)C)C1.C=C1CCN(C(=O)OC(C)(C)C)C1.CC(C)(C)OC(=O)N1CCC2(CC2)C1.CC(C)(C)OC(=O)N1CCC2(CC2)C1.CC(C)(C)OC(=O)N1C[C@@]2(CI)C[C@@H]1C(=O)O2.CC1CC2(CC2)CN1C(=O)OC(C)(C)C.O=C=O.O=C=O.O=C=O.O=C=O.O=C=O.[Li+].[OH-]. The van der Waals surface area contributed by atoms with E-state index in [1.54, 1.807) is 9.80 Å². The number of nitrogens with zero attached hydrogens (tertiary/aromatic N) is 6. The van der Waals surface area contributed by atoms with Crippen molar-refractivity contribution in [3.63, 3.8) is 0 Å². The Morgan fingerprint density at radius 3 is 1.01 bits per heavy atom. The number of hydrogen-bond donors (Lipinski definition) is 0. The number of carbonyl (C=O) groups is 7. The molecule has 0 aromatic heterocycles. The Morgan fingerprint density at radius 2 is 0.750 bits per heavy atom. The zero-order valence-electron chi connectivity index (χ0n) is 65.0. The fourth-order valence-electron chi connectivity index (χ4n) is 11.3. The molecule has 10 rings (SSSR count). The number of esters is 1. The van der Waals surface area contributed by atoms with E-state index >= 15 is 0 Å². The number of rotatable bonds is 1. The summed E-state index contributed by atoms with van der Waals surface area (Å²) in [6, 6.07) is 0.110. The van der Waals surface area contributed by atoms with Crippen LogP contribution in [-0.2, 0) is 85.9 Å². The summed E-state index contributed by atoms with van der Waals surface area (Å²) in [5.74, 6) is -0.307. The maximum Gasteiger partial charge on any atom is 1.00 e. The van der Waals surface area contributed by atoms with Crippen molar-refractivity contribution in [3.8, 4) is 0 Å². The van der Waals surface area contributed by atoms with E-state index < -0.39 is 34.5 Å². The maximum absolute atomic E-state index is 11.9. The second-order valence-corrected chi connectivity index (χ2v) is 33.5. The minimum Gasteiger partial charge on any atom is -0.870 e. The van der Waals surface area contributed by atoms with Crippen LogP contribution in [0.4, 0.5) is 28.8 Å². The molecule has 0 radical (unpaired) electrons. The van der Waals surface area contributed by atoms with Crippen LogP contribution in [0, 0.1) is 16.2 Å². The second kappa shape index (κ2) is 43.4. The van der Waals surface area contributed by atoms with Crippen LogP contribution in [0.5, 0.6) is 0 Å². The normalized spacial score (nSPS) is 21.4. The Hall–Kier alpha value is -7.24. The van der Waals surface area contributed by atoms with Crippen LogP contribution >= 0.6 is 22.6 Å². The minimum atomic E-state index is -0.541. The standard InChI is InChI=1S/C12H21NO2.C11H16INO4.3C11H19NO2.C10H17NO2.5CO2.Li.H2O/c1-9-7-12(5-6-12)8-13(9)10(14)15-11(2,3)4;1-10(2,3)17-9(15)13-6-11(5-12)4-7(13)8(14)16-11;2*1-10(2,3)14-9(13)12-7-6-11(8-12)4-5-11;1-8-6-9(2)12(7-8)10(13)14-11(3,4)5;1-8-5-6-11(7-8)9(12)13-10(2,3)4;5*2-1-3;;/h9H,5-8H2,1-4H3;7H,4-6H2,1-3H3;2*4-8H2,1-3H3;9H,1,6-7H2,2-5H3;1,5-7H2,2-4H3;;;;;;;1H2/q;;;;;;;;;;;+1;/p-1/t;7-,11+;;;;;;;;;;;/m.1.........../s1. The van der Waals surface area contributed by atoms with E-state index in [0.717, 1.165) is 69.7 Å². The van der Waals surface area contributed by atoms with Crippen molar-refractivity contribution in [1.82, 2.24) is 29.4 Å². The summed E-state index contributed by atoms with van der Waals surface area (Å²) in [7, 11) is 0. The number of hydrogen-bond acceptors (Lipinski definition) is 25. The summed E-state index contributed by atoms with van der Waals surface area (Å²) in [6.45, 7) is 52.7. The smallest absolute Gasteiger partial charge is 0.870 e. The molecule has 31 nitrogen and oxygen atoms in total. The molecule has 6 amide bonds. The van der Waals surface area contributed by atoms with E-state index in [-0.39, 0.29) is 114 Å². The van der Waals surface area contributed by atoms with Gasteiger partial charge in [-0.1, -0.05) is 46.9 Å². The molecular weight excluding hydrogens is 1470 g/mol. The first-order valence-corrected chi connectivity index (χ1v) is 35.2. The van der Waals surface area contributed by atoms with Crippen LogP contribution in [0.1, 0.15) is 216 Å². The first-order valence-electron chi connectivity index (χ1n) is 33.7. The van der Waals surface area contributed by atoms with Crippen LogP contribution in [-0.4, -0.2) is 229 Å². The molecule has 2 unspecified atom stereocenters. The third-order valence-electron chi connectivity index (χ3n) is 16.2. The summed E-state index contributed by atoms with van der Waals surface area (Å²) >= 11 is 2.18. The number of alkyl halides is 1. The van der Waals surface area contributed by atoms with E-state index in [9.17, 15) is 33.6 Å². The van der Waals surface area contributed by atoms with Crippen molar-refractivity contribution >= 4 is 95.9 Å². The molecule has 584 valence electrons. The van der Waals surface area contributed by atoms with Gasteiger partial charge in [-0.25, -0.2) is 33.6 Å². The van der Waals surface area contributed by atoms with Crippen LogP contribution < -0.4 is 18.9 Å². The molecule has 3 aliphatic carbocycles. The molecular formula is C71H112ILiN6O25. The number of carbonyl (C=O) groups excluding carboxylic acids is 17. The molecule has 7 heterocycles. The van der Waals surface area contributed by atoms with Gasteiger partial charge < -0.3 is 63.1 Å². The van der Waals surface area contributed by atoms with Crippen molar-refractivity contribution in [2.75, 3.05) is 63.3 Å². The molecule has 2 bridgehead atoms. The minimum absolute atomic E-state index is 0. The predicted octanol–water partition coefficient (Wildman–Crippen LogP) is 8.00. The van der Waals surface area contributed by atoms with Gasteiger partial charge in [-0.2, -0.15) is 47.9 Å². The molecule has 7 aliphatic heterocycles. The van der Waals surface area contributed by atoms with Crippen LogP contribution in [0.2, 0.25) is 0 Å². The Bertz CT molecular complexity index is 2900. The van der Waals surface area contributed by atoms with Crippen LogP contribution in [0.3, 0.4) is 0 Å². The number of amides is 6. The zero-order chi connectivity index (χ0) is 79.4. The molecule has 1 N–H and O–H groups in total. The molecule has 7 saturated heterocycles. The van der Waals surface area contributed by atoms with Crippen LogP contribution in [0.25, 0.3) is 0 Å². The van der Waals surface area contributed by atoms with Crippen molar-refractivity contribution in [2.45, 2.75) is 273 Å². The number of halogens is 1. The summed E-state index contributed by atoms with van der Waals surface area (Å²) < 4.78 is 37.9. The van der Waals surface area contributed by atoms with Gasteiger partial charge in [0.2, 0.25) is 0 Å². The predicted molar refractivity (Wildman–Crippen MR) is 371 cm³/mol. The van der Waals surface area contributed by atoms with E-state index in [4.69, 9.17) is 81.1 Å². The number of ether oxygens (including phenoxy) is 7. The van der Waals surface area contributed by atoms with Crippen molar-refractivity contribution in [1.29, 1.82) is 0 Å². The first-order chi connectivity index (χ1) is 46.6. The van der Waals surface area contributed by atoms with Gasteiger partial charge in [-0.3, -0.25) is 4.90 Å². The van der Waals surface area contributed by atoms with Crippen molar-refractivity contribution in [3.05, 3.63) is 24.3 Å². The third kappa shape index (κ3) is 39.8. The average molecular weight is 1580 g/mol. The first kappa shape index (κ1) is 101. The summed E-state index contributed by atoms with van der Waals surface area (Å²) in [6.07, 6.45) is 13.6. The molecule has 33 heteroatoms. The number of morpholine rings is 1. The van der Waals surface area contributed by atoms with Gasteiger partial charge in [0.25, 0.3) is 0 Å². The van der Waals surface area contributed by atoms with Crippen molar-refractivity contribution < 1.29 is 139 Å². The Kier molecular flexibility index (Phi) is 42.1. The molecule has 10 fully saturated rings. The van der Waals surface area contributed by atoms with Gasteiger partial charge in [0.05, 0.1) is 6.54 Å². The van der Waals surface area contributed by atoms with Gasteiger partial charge in [-0.05, 0) is 225 Å². The molecule has 4 atom stereocenters. The zero-order valence-corrected chi connectivity index (χ0v) is 67.2. The molecule has 0 aromatic rings. The monoisotopic (exact) mass is 1580 g/mol. The molecule has 3 saturated carbocycles. The maximum atomic E-state index is 11.9. The summed E-state index contributed by atoms with van der Waals surface area (Å²) in [4.78, 5) is 174. The Labute approximate surface area is 637 Å². The quantitative estimate of drug-likeness (QED) is 0.0599. The molecule has 3 spiro atoms. The van der Waals surface area contributed by atoms with Gasteiger partial charge >= 0.3 is 92.1 Å². The molecule has 104 heavy (non-hydrogen) atoms. The van der Waals surface area contributed by atoms with E-state index in [1.165, 1.54) is 56.3 Å². The average Bonchev–Trinajstić information content (AvgIpc) is 1.62. The Balaban J connectivity index is -0.00000113. The van der Waals surface area contributed by atoms with Gasteiger partial charge in [-0.15, -0.1) is 0 Å².